The fraction of sp³-hybridized carbons (Fsp3) is 0.435. The van der Waals surface area contributed by atoms with E-state index in [0.29, 0.717) is 29.0 Å². The lowest BCUT2D eigenvalue weighted by molar-refractivity contribution is -0.139. The molecule has 0 bridgehead atoms. The molecule has 0 amide bonds. The fourth-order valence-electron chi connectivity index (χ4n) is 3.49. The predicted molar refractivity (Wildman–Crippen MR) is 138 cm³/mol. The smallest absolute Gasteiger partial charge is 0.323 e. The summed E-state index contributed by atoms with van der Waals surface area (Å²) in [4.78, 5) is 12.2. The van der Waals surface area contributed by atoms with Crippen LogP contribution in [0.4, 0.5) is 5.95 Å². The Bertz CT molecular complexity index is 1260. The first-order chi connectivity index (χ1) is 17.0. The van der Waals surface area contributed by atoms with E-state index in [9.17, 15) is 13.2 Å². The number of carbonyl (C=O) groups is 1. The van der Waals surface area contributed by atoms with Crippen LogP contribution in [-0.2, 0) is 19.6 Å². The fourth-order valence-corrected chi connectivity index (χ4v) is 5.82. The first kappa shape index (κ1) is 27.3. The van der Waals surface area contributed by atoms with Crippen LogP contribution in [-0.4, -0.2) is 70.3 Å². The van der Waals surface area contributed by atoms with Crippen LogP contribution in [0.25, 0.3) is 17.3 Å². The van der Waals surface area contributed by atoms with Gasteiger partial charge in [0, 0.05) is 14.6 Å². The molecule has 13 heteroatoms. The van der Waals surface area contributed by atoms with Gasteiger partial charge in [0.1, 0.15) is 17.2 Å². The van der Waals surface area contributed by atoms with Gasteiger partial charge in [-0.2, -0.15) is 0 Å². The number of hydrogen-bond acceptors (Lipinski definition) is 9. The van der Waals surface area contributed by atoms with Gasteiger partial charge in [-0.1, -0.05) is 25.7 Å². The number of hydrogen-bond donors (Lipinski definition) is 0. The van der Waals surface area contributed by atoms with Gasteiger partial charge < -0.3 is 18.6 Å². The zero-order valence-electron chi connectivity index (χ0n) is 21.3. The number of esters is 1. The van der Waals surface area contributed by atoms with E-state index in [4.69, 9.17) is 18.6 Å². The zero-order chi connectivity index (χ0) is 26.5. The molecular weight excluding hydrogens is 504 g/mol. The number of nitrogens with zero attached hydrogens (tertiary/aromatic N) is 4. The topological polar surface area (TPSA) is 126 Å². The minimum atomic E-state index is -4.20. The third-order valence-corrected chi connectivity index (χ3v) is 8.58. The van der Waals surface area contributed by atoms with Crippen molar-refractivity contribution in [3.8, 4) is 28.8 Å². The molecule has 3 aromatic rings. The highest BCUT2D eigenvalue weighted by atomic mass is 32.2. The van der Waals surface area contributed by atoms with Crippen molar-refractivity contribution in [2.75, 3.05) is 37.4 Å². The number of benzene rings is 1. The molecule has 0 atom stereocenters. The quantitative estimate of drug-likeness (QED) is 0.252. The summed E-state index contributed by atoms with van der Waals surface area (Å²) >= 11 is 0. The molecule has 0 N–H and O–H groups in total. The van der Waals surface area contributed by atoms with Gasteiger partial charge in [0.05, 0.1) is 27.1 Å². The van der Waals surface area contributed by atoms with Crippen LogP contribution in [0, 0.1) is 0 Å². The summed E-state index contributed by atoms with van der Waals surface area (Å²) < 4.78 is 51.5. The number of anilines is 1. The molecule has 0 radical (unpaired) electrons. The van der Waals surface area contributed by atoms with Gasteiger partial charge in [0.25, 0.3) is 0 Å². The lowest BCUT2D eigenvalue weighted by atomic mass is 10.2. The first-order valence-electron chi connectivity index (χ1n) is 11.4. The number of furan rings is 1. The molecule has 2 heterocycles. The van der Waals surface area contributed by atoms with Crippen molar-refractivity contribution in [1.82, 2.24) is 14.8 Å². The molecule has 196 valence electrons. The highest BCUT2D eigenvalue weighted by Crippen LogP contribution is 2.39. The maximum atomic E-state index is 13.6. The average molecular weight is 537 g/mol. The molecule has 3 rings (SSSR count). The Morgan fingerprint density at radius 1 is 1.08 bits per heavy atom. The van der Waals surface area contributed by atoms with E-state index in [1.807, 2.05) is 0 Å². The van der Waals surface area contributed by atoms with Gasteiger partial charge in [-0.05, 0) is 37.2 Å². The second-order valence-electron chi connectivity index (χ2n) is 9.09. The molecule has 0 spiro atoms. The molecule has 11 nitrogen and oxygen atoms in total. The van der Waals surface area contributed by atoms with Crippen molar-refractivity contribution < 1.29 is 31.8 Å². The van der Waals surface area contributed by atoms with E-state index in [1.165, 1.54) is 25.0 Å². The van der Waals surface area contributed by atoms with Gasteiger partial charge >= 0.3 is 5.97 Å². The highest BCUT2D eigenvalue weighted by Gasteiger charge is 2.35. The Labute approximate surface area is 212 Å². The molecule has 0 unspecified atom stereocenters. The number of aromatic nitrogens is 3. The summed E-state index contributed by atoms with van der Waals surface area (Å²) in [5, 5.41) is 8.55. The minimum absolute atomic E-state index is 0.0215. The molecule has 1 aromatic carbocycles. The Balaban J connectivity index is 2.30. The van der Waals surface area contributed by atoms with Gasteiger partial charge in [-0.3, -0.25) is 9.36 Å². The molecule has 0 aliphatic carbocycles. The third kappa shape index (κ3) is 6.08. The maximum Gasteiger partial charge on any atom is 0.323 e. The SMILES string of the molecule is CCOC(=O)CS(=O)(=O)N(CC[Si](C)(C)C)c1nnc(-c2ccco2)n1-c1c(OC)cccc1OC. The number of para-hydroxylation sites is 1. The van der Waals surface area contributed by atoms with Crippen LogP contribution in [0.5, 0.6) is 11.5 Å². The van der Waals surface area contributed by atoms with Crippen LogP contribution in [0.3, 0.4) is 0 Å². The number of methoxy groups -OCH3 is 2. The van der Waals surface area contributed by atoms with Crippen LogP contribution >= 0.6 is 0 Å². The predicted octanol–water partition coefficient (Wildman–Crippen LogP) is 3.58. The van der Waals surface area contributed by atoms with Crippen molar-refractivity contribution in [3.05, 3.63) is 36.6 Å². The Hall–Kier alpha value is -3.32. The molecule has 2 aromatic heterocycles. The Morgan fingerprint density at radius 2 is 1.75 bits per heavy atom. The second kappa shape index (κ2) is 11.2. The van der Waals surface area contributed by atoms with E-state index in [0.717, 1.165) is 4.31 Å². The summed E-state index contributed by atoms with van der Waals surface area (Å²) in [6.07, 6.45) is 1.48. The van der Waals surface area contributed by atoms with Crippen molar-refractivity contribution in [2.45, 2.75) is 32.6 Å². The van der Waals surface area contributed by atoms with Crippen LogP contribution in [0.2, 0.25) is 25.7 Å². The van der Waals surface area contributed by atoms with E-state index < -0.39 is 29.8 Å². The summed E-state index contributed by atoms with van der Waals surface area (Å²) in [6.45, 7) is 8.18. The average Bonchev–Trinajstić information content (AvgIpc) is 3.47. The number of sulfonamides is 1. The lowest BCUT2D eigenvalue weighted by Gasteiger charge is -2.27. The molecule has 0 aliphatic rings. The molecule has 0 aliphatic heterocycles. The number of rotatable bonds is 12. The monoisotopic (exact) mass is 536 g/mol. The van der Waals surface area contributed by atoms with Gasteiger partial charge in [0.15, 0.2) is 11.5 Å². The van der Waals surface area contributed by atoms with Gasteiger partial charge in [-0.25, -0.2) is 12.7 Å². The number of ether oxygens (including phenoxy) is 3. The highest BCUT2D eigenvalue weighted by molar-refractivity contribution is 7.93. The van der Waals surface area contributed by atoms with Crippen LogP contribution < -0.4 is 13.8 Å². The van der Waals surface area contributed by atoms with Crippen LogP contribution in [0.1, 0.15) is 6.92 Å². The Morgan fingerprint density at radius 3 is 2.28 bits per heavy atom. The van der Waals surface area contributed by atoms with E-state index in [1.54, 1.807) is 37.3 Å². The minimum Gasteiger partial charge on any atom is -0.494 e. The molecular formula is C23H32N4O7SSi. The summed E-state index contributed by atoms with van der Waals surface area (Å²) in [6, 6.07) is 9.17. The molecule has 0 saturated heterocycles. The van der Waals surface area contributed by atoms with Crippen LogP contribution in [0.15, 0.2) is 41.0 Å². The third-order valence-electron chi connectivity index (χ3n) is 5.24. The van der Waals surface area contributed by atoms with Crippen molar-refractivity contribution >= 4 is 30.0 Å². The van der Waals surface area contributed by atoms with Gasteiger partial charge in [0.2, 0.25) is 21.8 Å². The van der Waals surface area contributed by atoms with E-state index in [-0.39, 0.29) is 24.9 Å². The Kier molecular flexibility index (Phi) is 8.46. The van der Waals surface area contributed by atoms with E-state index >= 15 is 0 Å². The normalized spacial score (nSPS) is 11.8. The summed E-state index contributed by atoms with van der Waals surface area (Å²) in [5.74, 6) is -0.308. The van der Waals surface area contributed by atoms with E-state index in [2.05, 4.69) is 29.8 Å². The van der Waals surface area contributed by atoms with Gasteiger partial charge in [-0.15, -0.1) is 10.2 Å². The maximum absolute atomic E-state index is 13.6. The van der Waals surface area contributed by atoms with Crippen molar-refractivity contribution in [1.29, 1.82) is 0 Å². The first-order valence-corrected chi connectivity index (χ1v) is 16.7. The second-order valence-corrected chi connectivity index (χ2v) is 16.6. The summed E-state index contributed by atoms with van der Waals surface area (Å²) in [5.41, 5.74) is 0.387. The van der Waals surface area contributed by atoms with Crippen molar-refractivity contribution in [3.63, 3.8) is 0 Å². The molecule has 0 fully saturated rings. The molecule has 36 heavy (non-hydrogen) atoms. The zero-order valence-corrected chi connectivity index (χ0v) is 23.2. The standard InChI is InChI=1S/C23H32N4O7SSi/c1-7-33-20(28)16-35(29,30)26(13-15-36(4,5)6)23-25-24-22(19-12-9-14-34-19)27(23)21-17(31-2)10-8-11-18(21)32-3/h8-12,14H,7,13,15-16H2,1-6H3. The van der Waals surface area contributed by atoms with Crippen molar-refractivity contribution in [2.24, 2.45) is 0 Å². The largest absolute Gasteiger partial charge is 0.494 e. The molecule has 0 saturated carbocycles. The summed E-state index contributed by atoms with van der Waals surface area (Å²) in [7, 11) is -2.92. The lowest BCUT2D eigenvalue weighted by Crippen LogP contribution is -2.40. The number of carbonyl (C=O) groups excluding carboxylic acids is 1.